The van der Waals surface area contributed by atoms with E-state index in [9.17, 15) is 4.79 Å². The van der Waals surface area contributed by atoms with E-state index in [4.69, 9.17) is 23.1 Å². The zero-order chi connectivity index (χ0) is 30.8. The van der Waals surface area contributed by atoms with E-state index in [1.165, 1.54) is 5.56 Å². The topological polar surface area (TPSA) is 63.2 Å². The number of hydrogen-bond donors (Lipinski definition) is 0. The molecule has 5 rings (SSSR count). The molecular weight excluding hydrogens is 581 g/mol. The van der Waals surface area contributed by atoms with Crippen molar-refractivity contribution >= 4 is 34.4 Å². The van der Waals surface area contributed by atoms with Crippen LogP contribution >= 0.6 is 11.8 Å². The fourth-order valence-corrected chi connectivity index (χ4v) is 8.92. The van der Waals surface area contributed by atoms with E-state index in [1.807, 2.05) is 11.8 Å². The van der Waals surface area contributed by atoms with Crippen LogP contribution in [0.3, 0.4) is 0 Å². The van der Waals surface area contributed by atoms with Crippen LogP contribution in [0.1, 0.15) is 76.3 Å². The van der Waals surface area contributed by atoms with E-state index in [0.29, 0.717) is 6.61 Å². The molecule has 0 spiro atoms. The van der Waals surface area contributed by atoms with Crippen LogP contribution in [-0.2, 0) is 9.53 Å². The molecule has 0 radical (unpaired) electrons. The van der Waals surface area contributed by atoms with Gasteiger partial charge in [0.15, 0.2) is 11.5 Å². The SMILES string of the molecule is CCS[C@@H]1c2cc3c(cc2[C@@H](c2ccc(O[Si](C)(C)C(C)(C)C)c(O[Si](C)(C)C(C)(C)C)c2)[C@H]2C(=O)OC[C@@H]21)OCO3. The van der Waals surface area contributed by atoms with E-state index < -0.39 is 16.6 Å². The van der Waals surface area contributed by atoms with Crippen molar-refractivity contribution in [3.8, 4) is 23.0 Å². The zero-order valence-corrected chi connectivity index (χ0v) is 30.0. The van der Waals surface area contributed by atoms with E-state index in [2.05, 4.69) is 105 Å². The van der Waals surface area contributed by atoms with Gasteiger partial charge in [-0.1, -0.05) is 54.5 Å². The van der Waals surface area contributed by atoms with Crippen molar-refractivity contribution in [3.63, 3.8) is 0 Å². The molecule has 42 heavy (non-hydrogen) atoms. The van der Waals surface area contributed by atoms with Crippen LogP contribution in [0.15, 0.2) is 30.3 Å². The lowest BCUT2D eigenvalue weighted by Crippen LogP contribution is -2.45. The quantitative estimate of drug-likeness (QED) is 0.224. The molecule has 2 heterocycles. The molecule has 0 unspecified atom stereocenters. The van der Waals surface area contributed by atoms with Crippen LogP contribution < -0.4 is 18.3 Å². The van der Waals surface area contributed by atoms with Gasteiger partial charge in [0, 0.05) is 17.1 Å². The van der Waals surface area contributed by atoms with E-state index >= 15 is 0 Å². The lowest BCUT2D eigenvalue weighted by atomic mass is 9.67. The van der Waals surface area contributed by atoms with Crippen molar-refractivity contribution in [1.29, 1.82) is 0 Å². The molecule has 0 aromatic heterocycles. The smallest absolute Gasteiger partial charge is 0.310 e. The monoisotopic (exact) mass is 628 g/mol. The zero-order valence-electron chi connectivity index (χ0n) is 27.2. The first-order chi connectivity index (χ1) is 19.4. The highest BCUT2D eigenvalue weighted by molar-refractivity contribution is 7.99. The Kier molecular flexibility index (Phi) is 8.06. The second-order valence-corrected chi connectivity index (χ2v) is 25.8. The minimum Gasteiger partial charge on any atom is -0.541 e. The predicted octanol–water partition coefficient (Wildman–Crippen LogP) is 8.91. The van der Waals surface area contributed by atoms with Gasteiger partial charge in [0.2, 0.25) is 6.79 Å². The van der Waals surface area contributed by atoms with Crippen LogP contribution in [-0.4, -0.2) is 41.8 Å². The predicted molar refractivity (Wildman–Crippen MR) is 175 cm³/mol. The summed E-state index contributed by atoms with van der Waals surface area (Å²) in [6.45, 7) is 25.4. The first-order valence-electron chi connectivity index (χ1n) is 15.2. The normalized spacial score (nSPS) is 23.7. The highest BCUT2D eigenvalue weighted by atomic mass is 32.2. The van der Waals surface area contributed by atoms with E-state index in [0.717, 1.165) is 39.9 Å². The number of fused-ring (bicyclic) bond motifs is 3. The van der Waals surface area contributed by atoms with Crippen LogP contribution in [0.4, 0.5) is 0 Å². The minimum absolute atomic E-state index is 0.0114. The van der Waals surface area contributed by atoms with Gasteiger partial charge in [-0.25, -0.2) is 0 Å². The maximum Gasteiger partial charge on any atom is 0.310 e. The fraction of sp³-hybridized carbons (Fsp3) is 0.606. The minimum atomic E-state index is -2.21. The Morgan fingerprint density at radius 1 is 0.833 bits per heavy atom. The number of ether oxygens (including phenoxy) is 3. The third-order valence-electron chi connectivity index (χ3n) is 10.1. The summed E-state index contributed by atoms with van der Waals surface area (Å²) in [5.74, 6) is 3.52. The number of carbonyl (C=O) groups is 1. The third kappa shape index (κ3) is 5.49. The van der Waals surface area contributed by atoms with Crippen LogP contribution in [0.5, 0.6) is 23.0 Å². The van der Waals surface area contributed by atoms with Crippen molar-refractivity contribution in [2.75, 3.05) is 19.2 Å². The number of thioether (sulfide) groups is 1. The highest BCUT2D eigenvalue weighted by Crippen LogP contribution is 2.58. The molecule has 1 saturated heterocycles. The Balaban J connectivity index is 1.68. The first-order valence-corrected chi connectivity index (χ1v) is 22.1. The Morgan fingerprint density at radius 3 is 1.98 bits per heavy atom. The molecule has 1 aliphatic carbocycles. The highest BCUT2D eigenvalue weighted by Gasteiger charge is 2.53. The Hall–Kier alpha value is -2.11. The summed E-state index contributed by atoms with van der Waals surface area (Å²) in [5.41, 5.74) is 3.37. The second-order valence-electron chi connectivity index (χ2n) is 14.9. The number of esters is 1. The Morgan fingerprint density at radius 2 is 1.40 bits per heavy atom. The van der Waals surface area contributed by atoms with Crippen molar-refractivity contribution in [2.45, 2.75) is 95.9 Å². The average Bonchev–Trinajstić information content (AvgIpc) is 3.49. The van der Waals surface area contributed by atoms with E-state index in [-0.39, 0.29) is 45.8 Å². The van der Waals surface area contributed by atoms with Crippen LogP contribution in [0.2, 0.25) is 36.3 Å². The largest absolute Gasteiger partial charge is 0.541 e. The lowest BCUT2D eigenvalue weighted by Gasteiger charge is -2.41. The van der Waals surface area contributed by atoms with Crippen molar-refractivity contribution in [3.05, 3.63) is 47.0 Å². The van der Waals surface area contributed by atoms with Crippen LogP contribution in [0.25, 0.3) is 0 Å². The van der Waals surface area contributed by atoms with Gasteiger partial charge in [0.1, 0.15) is 11.5 Å². The molecule has 1 fully saturated rings. The maximum atomic E-state index is 13.5. The van der Waals surface area contributed by atoms with Gasteiger partial charge in [0.25, 0.3) is 16.6 Å². The van der Waals surface area contributed by atoms with Gasteiger partial charge in [-0.15, -0.1) is 0 Å². The molecule has 9 heteroatoms. The summed E-state index contributed by atoms with van der Waals surface area (Å²) in [5, 5.41) is 0.200. The summed E-state index contributed by atoms with van der Waals surface area (Å²) in [4.78, 5) is 13.5. The molecule has 0 saturated carbocycles. The second kappa shape index (κ2) is 10.8. The molecule has 4 atom stereocenters. The van der Waals surface area contributed by atoms with Gasteiger partial charge in [0.05, 0.1) is 12.5 Å². The van der Waals surface area contributed by atoms with Gasteiger partial charge in [-0.2, -0.15) is 11.8 Å². The molecule has 2 aliphatic heterocycles. The molecule has 0 N–H and O–H groups in total. The number of carbonyl (C=O) groups excluding carboxylic acids is 1. The Labute approximate surface area is 258 Å². The van der Waals surface area contributed by atoms with Gasteiger partial charge < -0.3 is 23.1 Å². The van der Waals surface area contributed by atoms with E-state index in [1.54, 1.807) is 0 Å². The van der Waals surface area contributed by atoms with Crippen molar-refractivity contribution in [1.82, 2.24) is 0 Å². The van der Waals surface area contributed by atoms with Crippen LogP contribution in [0, 0.1) is 11.8 Å². The Bertz CT molecular complexity index is 1360. The summed E-state index contributed by atoms with van der Waals surface area (Å²) >= 11 is 1.88. The summed E-state index contributed by atoms with van der Waals surface area (Å²) in [6.07, 6.45) is 0. The summed E-state index contributed by atoms with van der Waals surface area (Å²) < 4.78 is 31.3. The average molecular weight is 629 g/mol. The summed E-state index contributed by atoms with van der Waals surface area (Å²) in [7, 11) is -4.36. The maximum absolute atomic E-state index is 13.5. The summed E-state index contributed by atoms with van der Waals surface area (Å²) in [6, 6.07) is 10.6. The number of rotatable bonds is 7. The number of benzene rings is 2. The molecule has 2 aromatic carbocycles. The number of cyclic esters (lactones) is 1. The van der Waals surface area contributed by atoms with Gasteiger partial charge in [-0.3, -0.25) is 4.79 Å². The van der Waals surface area contributed by atoms with Gasteiger partial charge >= 0.3 is 5.97 Å². The molecule has 0 bridgehead atoms. The lowest BCUT2D eigenvalue weighted by molar-refractivity contribution is -0.141. The fourth-order valence-electron chi connectivity index (χ4n) is 5.64. The van der Waals surface area contributed by atoms with Crippen molar-refractivity contribution < 1.29 is 27.9 Å². The molecule has 3 aliphatic rings. The standard InChI is InChI=1S/C33H48O6SSi2/c1-12-40-30-22-17-26-25(36-19-37-26)16-21(22)28(29-23(30)18-35-31(29)34)20-13-14-24(38-41(8,9)32(2,3)4)27(15-20)39-42(10,11)33(5,6)7/h13-17,23,28-30H,12,18-19H2,1-11H3/t23-,28+,29-,30+/m0/s1. The first kappa shape index (κ1) is 31.3. The third-order valence-corrected chi connectivity index (χ3v) is 20.1. The molecule has 6 nitrogen and oxygen atoms in total. The molecule has 230 valence electrons. The molecular formula is C33H48O6SSi2. The number of hydrogen-bond acceptors (Lipinski definition) is 7. The molecule has 2 aromatic rings. The van der Waals surface area contributed by atoms with Gasteiger partial charge in [-0.05, 0) is 83.0 Å². The molecule has 0 amide bonds. The van der Waals surface area contributed by atoms with Crippen molar-refractivity contribution in [2.24, 2.45) is 11.8 Å².